The van der Waals surface area contributed by atoms with Gasteiger partial charge in [0.2, 0.25) is 0 Å². The van der Waals surface area contributed by atoms with E-state index in [1.807, 2.05) is 18.2 Å². The van der Waals surface area contributed by atoms with E-state index in [4.69, 9.17) is 4.74 Å². The van der Waals surface area contributed by atoms with Crippen molar-refractivity contribution in [2.75, 3.05) is 0 Å². The van der Waals surface area contributed by atoms with Gasteiger partial charge >= 0.3 is 5.97 Å². The second-order valence-electron chi connectivity index (χ2n) is 4.20. The van der Waals surface area contributed by atoms with Crippen molar-refractivity contribution in [2.24, 2.45) is 5.92 Å². The first kappa shape index (κ1) is 10.9. The lowest BCUT2D eigenvalue weighted by Gasteiger charge is -2.12. The number of hydrogen-bond acceptors (Lipinski definition) is 2. The number of ether oxygens (including phenoxy) is 1. The summed E-state index contributed by atoms with van der Waals surface area (Å²) in [5, 5.41) is 0. The minimum absolute atomic E-state index is 0.294. The lowest BCUT2D eigenvalue weighted by molar-refractivity contribution is 0.0591. The van der Waals surface area contributed by atoms with Crippen molar-refractivity contribution in [3.8, 4) is 0 Å². The van der Waals surface area contributed by atoms with Gasteiger partial charge in [0.1, 0.15) is 5.76 Å². The summed E-state index contributed by atoms with van der Waals surface area (Å²) in [7, 11) is 0. The van der Waals surface area contributed by atoms with Gasteiger partial charge in [0.25, 0.3) is 0 Å². The number of hydrogen-bond donors (Lipinski definition) is 0. The Kier molecular flexibility index (Phi) is 3.40. The van der Waals surface area contributed by atoms with E-state index in [2.05, 4.69) is 6.58 Å². The van der Waals surface area contributed by atoms with Gasteiger partial charge in [-0.2, -0.15) is 0 Å². The Balaban J connectivity index is 1.94. The van der Waals surface area contributed by atoms with Gasteiger partial charge in [-0.25, -0.2) is 4.79 Å². The predicted octanol–water partition coefficient (Wildman–Crippen LogP) is 3.55. The minimum Gasteiger partial charge on any atom is -0.428 e. The van der Waals surface area contributed by atoms with E-state index in [-0.39, 0.29) is 5.97 Å². The molecule has 0 bridgehead atoms. The van der Waals surface area contributed by atoms with Crippen LogP contribution in [-0.4, -0.2) is 5.97 Å². The molecule has 0 unspecified atom stereocenters. The van der Waals surface area contributed by atoms with Crippen LogP contribution in [-0.2, 0) is 4.74 Å². The van der Waals surface area contributed by atoms with Crippen LogP contribution in [0.15, 0.2) is 42.7 Å². The first-order valence-corrected chi connectivity index (χ1v) is 5.73. The molecule has 0 spiro atoms. The molecule has 0 amide bonds. The number of esters is 1. The molecule has 1 aliphatic carbocycles. The van der Waals surface area contributed by atoms with Gasteiger partial charge in [-0.15, -0.1) is 0 Å². The van der Waals surface area contributed by atoms with E-state index < -0.39 is 0 Å². The maximum Gasteiger partial charge on any atom is 0.343 e. The lowest BCUT2D eigenvalue weighted by atomic mass is 10.1. The van der Waals surface area contributed by atoms with E-state index in [1.165, 1.54) is 12.8 Å². The lowest BCUT2D eigenvalue weighted by Crippen LogP contribution is -2.09. The van der Waals surface area contributed by atoms with E-state index >= 15 is 0 Å². The van der Waals surface area contributed by atoms with Gasteiger partial charge in [0, 0.05) is 5.92 Å². The van der Waals surface area contributed by atoms with Crippen LogP contribution >= 0.6 is 0 Å². The Hall–Kier alpha value is -1.57. The first-order valence-electron chi connectivity index (χ1n) is 5.73. The van der Waals surface area contributed by atoms with Crippen molar-refractivity contribution in [3.05, 3.63) is 48.2 Å². The molecule has 2 heteroatoms. The number of carbonyl (C=O) groups is 1. The summed E-state index contributed by atoms with van der Waals surface area (Å²) in [6.45, 7) is 3.86. The fourth-order valence-electron chi connectivity index (χ4n) is 2.08. The largest absolute Gasteiger partial charge is 0.428 e. The Morgan fingerprint density at radius 1 is 1.19 bits per heavy atom. The van der Waals surface area contributed by atoms with Crippen LogP contribution in [0.4, 0.5) is 0 Å². The van der Waals surface area contributed by atoms with Crippen LogP contribution in [0.1, 0.15) is 36.0 Å². The number of allylic oxidation sites excluding steroid dienone is 1. The van der Waals surface area contributed by atoms with Crippen molar-refractivity contribution in [2.45, 2.75) is 25.7 Å². The molecule has 84 valence electrons. The average Bonchev–Trinajstić information content (AvgIpc) is 2.83. The highest BCUT2D eigenvalue weighted by atomic mass is 16.5. The summed E-state index contributed by atoms with van der Waals surface area (Å²) < 4.78 is 5.29. The van der Waals surface area contributed by atoms with Crippen LogP contribution in [0.3, 0.4) is 0 Å². The smallest absolute Gasteiger partial charge is 0.343 e. The molecular formula is C14H16O2. The summed E-state index contributed by atoms with van der Waals surface area (Å²) >= 11 is 0. The second-order valence-corrected chi connectivity index (χ2v) is 4.20. The molecule has 0 N–H and O–H groups in total. The Labute approximate surface area is 95.9 Å². The van der Waals surface area contributed by atoms with Gasteiger partial charge in [0.15, 0.2) is 0 Å². The third kappa shape index (κ3) is 2.51. The molecule has 1 aromatic carbocycles. The molecular weight excluding hydrogens is 200 g/mol. The minimum atomic E-state index is -0.294. The van der Waals surface area contributed by atoms with Crippen molar-refractivity contribution in [3.63, 3.8) is 0 Å². The average molecular weight is 216 g/mol. The molecule has 1 fully saturated rings. The summed E-state index contributed by atoms with van der Waals surface area (Å²) in [4.78, 5) is 11.7. The predicted molar refractivity (Wildman–Crippen MR) is 63.0 cm³/mol. The van der Waals surface area contributed by atoms with Gasteiger partial charge in [-0.3, -0.25) is 0 Å². The Morgan fingerprint density at radius 2 is 1.81 bits per heavy atom. The van der Waals surface area contributed by atoms with Crippen LogP contribution < -0.4 is 0 Å². The van der Waals surface area contributed by atoms with Crippen LogP contribution in [0.5, 0.6) is 0 Å². The first-order chi connectivity index (χ1) is 7.77. The highest BCUT2D eigenvalue weighted by Crippen LogP contribution is 2.31. The zero-order valence-corrected chi connectivity index (χ0v) is 9.32. The molecule has 1 aliphatic rings. The van der Waals surface area contributed by atoms with Crippen molar-refractivity contribution in [1.82, 2.24) is 0 Å². The topological polar surface area (TPSA) is 26.3 Å². The maximum atomic E-state index is 11.7. The Bertz CT molecular complexity index is 375. The third-order valence-corrected chi connectivity index (χ3v) is 3.04. The molecule has 2 rings (SSSR count). The molecule has 0 aromatic heterocycles. The van der Waals surface area contributed by atoms with Crippen molar-refractivity contribution >= 4 is 5.97 Å². The summed E-state index contributed by atoms with van der Waals surface area (Å²) in [5.74, 6) is 0.705. The number of benzene rings is 1. The van der Waals surface area contributed by atoms with Gasteiger partial charge < -0.3 is 4.74 Å². The van der Waals surface area contributed by atoms with E-state index in [0.717, 1.165) is 12.8 Å². The zero-order chi connectivity index (χ0) is 11.4. The maximum absolute atomic E-state index is 11.7. The van der Waals surface area contributed by atoms with E-state index in [9.17, 15) is 4.79 Å². The van der Waals surface area contributed by atoms with Crippen LogP contribution in [0, 0.1) is 5.92 Å². The van der Waals surface area contributed by atoms with Crippen molar-refractivity contribution < 1.29 is 9.53 Å². The zero-order valence-electron chi connectivity index (χ0n) is 9.32. The van der Waals surface area contributed by atoms with Crippen LogP contribution in [0.2, 0.25) is 0 Å². The number of rotatable bonds is 3. The third-order valence-electron chi connectivity index (χ3n) is 3.04. The molecule has 0 atom stereocenters. The van der Waals surface area contributed by atoms with Gasteiger partial charge in [0.05, 0.1) is 5.56 Å². The fraction of sp³-hybridized carbons (Fsp3) is 0.357. The summed E-state index contributed by atoms with van der Waals surface area (Å²) in [6.07, 6.45) is 4.63. The van der Waals surface area contributed by atoms with Crippen molar-refractivity contribution in [1.29, 1.82) is 0 Å². The monoisotopic (exact) mass is 216 g/mol. The molecule has 2 nitrogen and oxygen atoms in total. The highest BCUT2D eigenvalue weighted by Gasteiger charge is 2.21. The molecule has 1 aromatic rings. The van der Waals surface area contributed by atoms with Gasteiger partial charge in [-0.05, 0) is 25.0 Å². The van der Waals surface area contributed by atoms with Crippen LogP contribution in [0.25, 0.3) is 0 Å². The van der Waals surface area contributed by atoms with Gasteiger partial charge in [-0.1, -0.05) is 37.6 Å². The standard InChI is InChI=1S/C14H16O2/c1-11(12-7-5-6-8-12)16-14(15)13-9-3-2-4-10-13/h2-4,9-10,12H,1,5-8H2. The number of carbonyl (C=O) groups excluding carboxylic acids is 1. The van der Waals surface area contributed by atoms with E-state index in [0.29, 0.717) is 17.2 Å². The quantitative estimate of drug-likeness (QED) is 0.570. The molecule has 0 radical (unpaired) electrons. The normalized spacial score (nSPS) is 16.0. The fourth-order valence-corrected chi connectivity index (χ4v) is 2.08. The summed E-state index contributed by atoms with van der Waals surface area (Å²) in [6, 6.07) is 9.04. The SMILES string of the molecule is C=C(OC(=O)c1ccccc1)C1CCCC1. The highest BCUT2D eigenvalue weighted by molar-refractivity contribution is 5.89. The summed E-state index contributed by atoms with van der Waals surface area (Å²) in [5.41, 5.74) is 0.585. The molecule has 0 saturated heterocycles. The van der Waals surface area contributed by atoms with E-state index in [1.54, 1.807) is 12.1 Å². The molecule has 1 saturated carbocycles. The molecule has 16 heavy (non-hydrogen) atoms. The molecule has 0 heterocycles. The molecule has 0 aliphatic heterocycles. The second kappa shape index (κ2) is 4.97. The Morgan fingerprint density at radius 3 is 2.44 bits per heavy atom.